The third-order valence-electron chi connectivity index (χ3n) is 0.865. The zero-order chi connectivity index (χ0) is 7.11. The van der Waals surface area contributed by atoms with Crippen LogP contribution in [-0.2, 0) is 7.05 Å². The Hall–Kier alpha value is 0.170. The van der Waals surface area contributed by atoms with Crippen LogP contribution >= 0.6 is 30.4 Å². The summed E-state index contributed by atoms with van der Waals surface area (Å²) in [5.41, 5.74) is 0. The van der Waals surface area contributed by atoms with Crippen molar-refractivity contribution in [2.75, 3.05) is 0 Å². The van der Waals surface area contributed by atoms with E-state index in [1.165, 1.54) is 0 Å². The van der Waals surface area contributed by atoms with Crippen molar-refractivity contribution in [1.29, 1.82) is 0 Å². The first-order valence-electron chi connectivity index (χ1n) is 2.44. The van der Waals surface area contributed by atoms with Crippen molar-refractivity contribution in [1.82, 2.24) is 0 Å². The summed E-state index contributed by atoms with van der Waals surface area (Å²) in [5, 5.41) is 0. The van der Waals surface area contributed by atoms with Gasteiger partial charge in [-0.1, -0.05) is 6.07 Å². The molecule has 0 radical (unpaired) electrons. The molecule has 0 amide bonds. The van der Waals surface area contributed by atoms with Gasteiger partial charge in [0.25, 0.3) is 0 Å². The molecule has 1 aromatic rings. The highest BCUT2D eigenvalue weighted by molar-refractivity contribution is 14.1. The van der Waals surface area contributed by atoms with Gasteiger partial charge in [0.05, 0.1) is 0 Å². The van der Waals surface area contributed by atoms with Gasteiger partial charge in [0.2, 0.25) is 0 Å². The normalized spacial score (nSPS) is 7.44. The van der Waals surface area contributed by atoms with Crippen molar-refractivity contribution in [2.24, 2.45) is 7.05 Å². The first-order valence-corrected chi connectivity index (χ1v) is 5.17. The molecule has 0 saturated carbocycles. The monoisotopic (exact) mass is 256 g/mol. The molecule has 0 spiro atoms. The molecule has 0 atom stereocenters. The van der Waals surface area contributed by atoms with Gasteiger partial charge in [-0.15, -0.1) is 0 Å². The third kappa shape index (κ3) is 4.66. The molecule has 1 rings (SSSR count). The van der Waals surface area contributed by atoms with Gasteiger partial charge in [-0.05, 0) is 8.91 Å². The lowest BCUT2D eigenvalue weighted by Crippen LogP contribution is -2.25. The molecular weight excluding hydrogens is 248 g/mol. The highest BCUT2D eigenvalue weighted by Gasteiger charge is 1.78. The minimum absolute atomic E-state index is 1.62. The number of hydrogen-bond donors (Lipinski definition) is 0. The second kappa shape index (κ2) is 6.29. The Balaban J connectivity index is 0.000000291. The van der Waals surface area contributed by atoms with Crippen molar-refractivity contribution >= 4 is 30.4 Å². The number of hydrogen-bond acceptors (Lipinski definition) is 0. The Morgan fingerprint density at radius 3 is 1.78 bits per heavy atom. The van der Waals surface area contributed by atoms with Gasteiger partial charge in [-0.3, -0.25) is 0 Å². The maximum Gasteiger partial charge on any atom is 0.168 e. The molecule has 0 aromatic carbocycles. The first kappa shape index (κ1) is 9.17. The summed E-state index contributed by atoms with van der Waals surface area (Å²) < 4.78 is 2.00. The number of halogens is 2. The molecule has 3 heteroatoms. The molecule has 0 aliphatic rings. The lowest BCUT2D eigenvalue weighted by molar-refractivity contribution is -0.671. The number of pyridine rings is 1. The molecule has 0 aliphatic carbocycles. The molecule has 1 aromatic heterocycles. The maximum atomic E-state index is 4.61. The van der Waals surface area contributed by atoms with Crippen molar-refractivity contribution in [2.45, 2.75) is 0 Å². The van der Waals surface area contributed by atoms with Gasteiger partial charge >= 0.3 is 0 Å². The van der Waals surface area contributed by atoms with E-state index in [9.17, 15) is 0 Å². The van der Waals surface area contributed by atoms with Gasteiger partial charge in [0.15, 0.2) is 12.4 Å². The fraction of sp³-hybridized carbons (Fsp3) is 0.167. The van der Waals surface area contributed by atoms with Crippen LogP contribution in [0.5, 0.6) is 0 Å². The fourth-order valence-electron chi connectivity index (χ4n) is 0.485. The van der Waals surface area contributed by atoms with E-state index in [-0.39, 0.29) is 0 Å². The number of rotatable bonds is 0. The largest absolute Gasteiger partial charge is 0.208 e. The van der Waals surface area contributed by atoms with Crippen molar-refractivity contribution in [3.05, 3.63) is 30.6 Å². The number of nitrogens with zero attached hydrogens (tertiary/aromatic N) is 1. The average Bonchev–Trinajstić information content (AvgIpc) is 1.94. The molecule has 1 heterocycles. The predicted molar refractivity (Wildman–Crippen MR) is 47.5 cm³/mol. The van der Waals surface area contributed by atoms with E-state index in [0.29, 0.717) is 0 Å². The molecule has 1 nitrogen and oxygen atoms in total. The van der Waals surface area contributed by atoms with E-state index in [2.05, 4.69) is 8.91 Å². The zero-order valence-electron chi connectivity index (χ0n) is 5.09. The zero-order valence-corrected chi connectivity index (χ0v) is 8.00. The summed E-state index contributed by atoms with van der Waals surface area (Å²) in [5.74, 6) is 0. The summed E-state index contributed by atoms with van der Waals surface area (Å²) in [6.07, 6.45) is 4.00. The van der Waals surface area contributed by atoms with Gasteiger partial charge in [-0.25, -0.2) is 4.57 Å². The predicted octanol–water partition coefficient (Wildman–Crippen LogP) is 2.09. The lowest BCUT2D eigenvalue weighted by atomic mass is 10.5. The minimum Gasteiger partial charge on any atom is -0.208 e. The molecule has 0 bridgehead atoms. The average molecular weight is 256 g/mol. The molecule has 0 saturated heterocycles. The van der Waals surface area contributed by atoms with Crippen LogP contribution in [0.4, 0.5) is 0 Å². The van der Waals surface area contributed by atoms with Crippen molar-refractivity contribution in [3.8, 4) is 0 Å². The third-order valence-corrected chi connectivity index (χ3v) is 0.865. The highest BCUT2D eigenvalue weighted by Crippen LogP contribution is 1.79. The number of aromatic nitrogens is 1. The summed E-state index contributed by atoms with van der Waals surface area (Å²) >= 11 is 1.62. The van der Waals surface area contributed by atoms with Crippen LogP contribution in [0.3, 0.4) is 0 Å². The lowest BCUT2D eigenvalue weighted by Gasteiger charge is -1.77. The van der Waals surface area contributed by atoms with Gasteiger partial charge in [-0.2, -0.15) is 0 Å². The van der Waals surface area contributed by atoms with Crippen molar-refractivity contribution in [3.63, 3.8) is 0 Å². The van der Waals surface area contributed by atoms with E-state index < -0.39 is 0 Å². The molecule has 0 aliphatic heterocycles. The summed E-state index contributed by atoms with van der Waals surface area (Å²) in [6.45, 7) is 0. The Kier molecular flexibility index (Phi) is 6.41. The Labute approximate surface area is 72.5 Å². The van der Waals surface area contributed by atoms with Crippen LogP contribution in [0.25, 0.3) is 0 Å². The van der Waals surface area contributed by atoms with E-state index in [1.807, 2.05) is 42.2 Å². The molecular formula is C6H8ClIN+. The first-order chi connectivity index (χ1) is 4.39. The van der Waals surface area contributed by atoms with Crippen LogP contribution in [0.15, 0.2) is 30.6 Å². The van der Waals surface area contributed by atoms with Crippen LogP contribution < -0.4 is 4.57 Å². The Morgan fingerprint density at radius 1 is 1.11 bits per heavy atom. The smallest absolute Gasteiger partial charge is 0.168 e. The van der Waals surface area contributed by atoms with E-state index >= 15 is 0 Å². The van der Waals surface area contributed by atoms with Crippen LogP contribution in [0.1, 0.15) is 0 Å². The molecule has 0 N–H and O–H groups in total. The van der Waals surface area contributed by atoms with Crippen LogP contribution in [-0.4, -0.2) is 0 Å². The van der Waals surface area contributed by atoms with Crippen molar-refractivity contribution < 1.29 is 4.57 Å². The highest BCUT2D eigenvalue weighted by atomic mass is 127. The number of aryl methyl sites for hydroxylation is 1. The van der Waals surface area contributed by atoms with Crippen LogP contribution in [0, 0.1) is 0 Å². The molecule has 50 valence electrons. The van der Waals surface area contributed by atoms with E-state index in [4.69, 9.17) is 0 Å². The quantitative estimate of drug-likeness (QED) is 0.494. The SMILES string of the molecule is C[n+]1ccccc1.ClI. The Bertz CT molecular complexity index is 143. The van der Waals surface area contributed by atoms with E-state index in [1.54, 1.807) is 21.5 Å². The topological polar surface area (TPSA) is 3.88 Å². The van der Waals surface area contributed by atoms with Gasteiger partial charge in [0, 0.05) is 33.6 Å². The summed E-state index contributed by atoms with van der Waals surface area (Å²) in [6, 6.07) is 6.00. The standard InChI is InChI=1S/C6H8N.ClI/c1-7-5-3-2-4-6-7;1-2/h2-6H,1H3;/q+1;. The summed E-state index contributed by atoms with van der Waals surface area (Å²) in [4.78, 5) is 0. The molecule has 0 unspecified atom stereocenters. The summed E-state index contributed by atoms with van der Waals surface area (Å²) in [7, 11) is 6.61. The Morgan fingerprint density at radius 2 is 1.56 bits per heavy atom. The maximum absolute atomic E-state index is 4.61. The van der Waals surface area contributed by atoms with Gasteiger partial charge < -0.3 is 0 Å². The minimum atomic E-state index is 1.62. The second-order valence-electron chi connectivity index (χ2n) is 1.54. The molecule has 9 heavy (non-hydrogen) atoms. The van der Waals surface area contributed by atoms with Gasteiger partial charge in [0.1, 0.15) is 7.05 Å². The fourth-order valence-corrected chi connectivity index (χ4v) is 0.485. The second-order valence-corrected chi connectivity index (χ2v) is 1.54. The molecule has 0 fully saturated rings. The van der Waals surface area contributed by atoms with E-state index in [0.717, 1.165) is 0 Å². The van der Waals surface area contributed by atoms with Crippen LogP contribution in [0.2, 0.25) is 0 Å².